The maximum absolute atomic E-state index is 12.7. The molecule has 0 bridgehead atoms. The molecular formula is C15H21FN2O. The Kier molecular flexibility index (Phi) is 5.19. The van der Waals surface area contributed by atoms with E-state index in [2.05, 4.69) is 5.32 Å². The third-order valence-electron chi connectivity index (χ3n) is 3.50. The second-order valence-corrected chi connectivity index (χ2v) is 5.01. The fourth-order valence-electron chi connectivity index (χ4n) is 2.35. The topological polar surface area (TPSA) is 32.3 Å². The number of nitrogens with zero attached hydrogens (tertiary/aromatic N) is 1. The maximum Gasteiger partial charge on any atom is 0.317 e. The molecule has 4 heteroatoms. The minimum atomic E-state index is -0.225. The first-order valence-electron chi connectivity index (χ1n) is 7.03. The second-order valence-electron chi connectivity index (χ2n) is 5.01. The van der Waals surface area contributed by atoms with Crippen LogP contribution in [0, 0.1) is 5.82 Å². The average Bonchev–Trinajstić information content (AvgIpc) is 2.70. The Labute approximate surface area is 113 Å². The Morgan fingerprint density at radius 2 is 1.74 bits per heavy atom. The van der Waals surface area contributed by atoms with Gasteiger partial charge in [-0.2, -0.15) is 0 Å². The number of nitrogens with one attached hydrogen (secondary N) is 1. The third kappa shape index (κ3) is 4.54. The van der Waals surface area contributed by atoms with Crippen molar-refractivity contribution in [3.8, 4) is 0 Å². The van der Waals surface area contributed by atoms with Crippen molar-refractivity contribution in [2.75, 3.05) is 19.6 Å². The molecule has 19 heavy (non-hydrogen) atoms. The smallest absolute Gasteiger partial charge is 0.317 e. The minimum Gasteiger partial charge on any atom is -0.338 e. The van der Waals surface area contributed by atoms with Gasteiger partial charge in [0.25, 0.3) is 0 Å². The zero-order chi connectivity index (χ0) is 13.5. The lowest BCUT2D eigenvalue weighted by atomic mass is 10.1. The van der Waals surface area contributed by atoms with Gasteiger partial charge in [-0.15, -0.1) is 0 Å². The predicted octanol–water partition coefficient (Wildman–Crippen LogP) is 2.95. The van der Waals surface area contributed by atoms with Crippen LogP contribution in [-0.2, 0) is 6.42 Å². The molecule has 0 spiro atoms. The molecule has 0 atom stereocenters. The van der Waals surface area contributed by atoms with Crippen molar-refractivity contribution in [2.24, 2.45) is 0 Å². The van der Waals surface area contributed by atoms with Crippen LogP contribution in [0.15, 0.2) is 24.3 Å². The van der Waals surface area contributed by atoms with Crippen molar-refractivity contribution in [2.45, 2.75) is 32.1 Å². The molecule has 1 saturated heterocycles. The standard InChI is InChI=1S/C15H21FN2O/c16-14-7-5-13(6-8-14)9-10-17-15(19)18-11-3-1-2-4-12-18/h5-8H,1-4,9-12H2,(H,17,19). The van der Waals surface area contributed by atoms with E-state index >= 15 is 0 Å². The van der Waals surface area contributed by atoms with Gasteiger partial charge in [0, 0.05) is 19.6 Å². The molecule has 2 rings (SSSR count). The first-order chi connectivity index (χ1) is 9.25. The van der Waals surface area contributed by atoms with Gasteiger partial charge in [-0.25, -0.2) is 9.18 Å². The van der Waals surface area contributed by atoms with Gasteiger partial charge in [0.1, 0.15) is 5.82 Å². The zero-order valence-corrected chi connectivity index (χ0v) is 11.2. The summed E-state index contributed by atoms with van der Waals surface area (Å²) in [7, 11) is 0. The number of hydrogen-bond acceptors (Lipinski definition) is 1. The Hall–Kier alpha value is -1.58. The van der Waals surface area contributed by atoms with Crippen LogP contribution in [-0.4, -0.2) is 30.6 Å². The molecule has 1 aliphatic rings. The van der Waals surface area contributed by atoms with Crippen LogP contribution in [0.3, 0.4) is 0 Å². The molecule has 1 N–H and O–H groups in total. The van der Waals surface area contributed by atoms with E-state index in [4.69, 9.17) is 0 Å². The normalized spacial score (nSPS) is 15.9. The number of amides is 2. The van der Waals surface area contributed by atoms with Gasteiger partial charge in [-0.3, -0.25) is 0 Å². The number of carbonyl (C=O) groups excluding carboxylic acids is 1. The summed E-state index contributed by atoms with van der Waals surface area (Å²) in [5, 5.41) is 2.94. The van der Waals surface area contributed by atoms with E-state index in [1.54, 1.807) is 12.1 Å². The molecule has 1 aromatic carbocycles. The molecule has 104 valence electrons. The maximum atomic E-state index is 12.7. The average molecular weight is 264 g/mol. The quantitative estimate of drug-likeness (QED) is 0.894. The summed E-state index contributed by atoms with van der Waals surface area (Å²) in [6.45, 7) is 2.33. The summed E-state index contributed by atoms with van der Waals surface area (Å²) in [6.07, 6.45) is 5.38. The molecule has 1 aliphatic heterocycles. The number of likely N-dealkylation sites (tertiary alicyclic amines) is 1. The van der Waals surface area contributed by atoms with Crippen LogP contribution >= 0.6 is 0 Å². The highest BCUT2D eigenvalue weighted by molar-refractivity contribution is 5.74. The number of carbonyl (C=O) groups is 1. The number of halogens is 1. The van der Waals surface area contributed by atoms with Crippen LogP contribution in [0.4, 0.5) is 9.18 Å². The SMILES string of the molecule is O=C(NCCc1ccc(F)cc1)N1CCCCCC1. The first-order valence-corrected chi connectivity index (χ1v) is 7.03. The Balaban J connectivity index is 1.72. The van der Waals surface area contributed by atoms with E-state index in [9.17, 15) is 9.18 Å². The highest BCUT2D eigenvalue weighted by Crippen LogP contribution is 2.09. The lowest BCUT2D eigenvalue weighted by molar-refractivity contribution is 0.200. The van der Waals surface area contributed by atoms with Crippen molar-refractivity contribution in [3.05, 3.63) is 35.6 Å². The van der Waals surface area contributed by atoms with Gasteiger partial charge in [0.2, 0.25) is 0 Å². The highest BCUT2D eigenvalue weighted by Gasteiger charge is 2.14. The summed E-state index contributed by atoms with van der Waals surface area (Å²) in [5.41, 5.74) is 1.04. The van der Waals surface area contributed by atoms with Crippen LogP contribution < -0.4 is 5.32 Å². The molecule has 0 radical (unpaired) electrons. The number of hydrogen-bond donors (Lipinski definition) is 1. The highest BCUT2D eigenvalue weighted by atomic mass is 19.1. The molecular weight excluding hydrogens is 243 g/mol. The van der Waals surface area contributed by atoms with E-state index < -0.39 is 0 Å². The monoisotopic (exact) mass is 264 g/mol. The minimum absolute atomic E-state index is 0.0315. The fourth-order valence-corrected chi connectivity index (χ4v) is 2.35. The zero-order valence-electron chi connectivity index (χ0n) is 11.2. The van der Waals surface area contributed by atoms with E-state index in [0.717, 1.165) is 37.9 Å². The van der Waals surface area contributed by atoms with E-state index in [-0.39, 0.29) is 11.8 Å². The molecule has 3 nitrogen and oxygen atoms in total. The van der Waals surface area contributed by atoms with E-state index in [0.29, 0.717) is 6.54 Å². The summed E-state index contributed by atoms with van der Waals surface area (Å²) in [4.78, 5) is 13.9. The molecule has 0 unspecified atom stereocenters. The summed E-state index contributed by atoms with van der Waals surface area (Å²) < 4.78 is 12.7. The second kappa shape index (κ2) is 7.12. The van der Waals surface area contributed by atoms with E-state index in [1.165, 1.54) is 25.0 Å². The van der Waals surface area contributed by atoms with Gasteiger partial charge >= 0.3 is 6.03 Å². The Morgan fingerprint density at radius 3 is 2.37 bits per heavy atom. The Bertz CT molecular complexity index is 397. The summed E-state index contributed by atoms with van der Waals surface area (Å²) in [5.74, 6) is -0.225. The first kappa shape index (κ1) is 13.8. The Morgan fingerprint density at radius 1 is 1.11 bits per heavy atom. The van der Waals surface area contributed by atoms with Gasteiger partial charge in [0.05, 0.1) is 0 Å². The molecule has 1 heterocycles. The molecule has 0 saturated carbocycles. The van der Waals surface area contributed by atoms with Crippen molar-refractivity contribution < 1.29 is 9.18 Å². The molecule has 1 fully saturated rings. The predicted molar refractivity (Wildman–Crippen MR) is 73.5 cm³/mol. The number of benzene rings is 1. The van der Waals surface area contributed by atoms with Crippen molar-refractivity contribution in [1.82, 2.24) is 10.2 Å². The molecule has 1 aromatic rings. The number of urea groups is 1. The molecule has 2 amide bonds. The van der Waals surface area contributed by atoms with Gasteiger partial charge < -0.3 is 10.2 Å². The van der Waals surface area contributed by atoms with Gasteiger partial charge in [-0.1, -0.05) is 25.0 Å². The molecule has 0 aromatic heterocycles. The van der Waals surface area contributed by atoms with Gasteiger partial charge in [0.15, 0.2) is 0 Å². The van der Waals surface area contributed by atoms with Crippen molar-refractivity contribution in [3.63, 3.8) is 0 Å². The number of rotatable bonds is 3. The van der Waals surface area contributed by atoms with Gasteiger partial charge in [-0.05, 0) is 37.0 Å². The van der Waals surface area contributed by atoms with Crippen molar-refractivity contribution in [1.29, 1.82) is 0 Å². The van der Waals surface area contributed by atoms with E-state index in [1.807, 2.05) is 4.90 Å². The summed E-state index contributed by atoms with van der Waals surface area (Å²) >= 11 is 0. The van der Waals surface area contributed by atoms with Crippen LogP contribution in [0.25, 0.3) is 0 Å². The largest absolute Gasteiger partial charge is 0.338 e. The van der Waals surface area contributed by atoms with Crippen LogP contribution in [0.5, 0.6) is 0 Å². The lowest BCUT2D eigenvalue weighted by Gasteiger charge is -2.20. The third-order valence-corrected chi connectivity index (χ3v) is 3.50. The summed E-state index contributed by atoms with van der Waals surface area (Å²) in [6, 6.07) is 6.45. The lowest BCUT2D eigenvalue weighted by Crippen LogP contribution is -2.41. The molecule has 0 aliphatic carbocycles. The van der Waals surface area contributed by atoms with Crippen molar-refractivity contribution >= 4 is 6.03 Å². The van der Waals surface area contributed by atoms with Crippen LogP contribution in [0.1, 0.15) is 31.2 Å². The fraction of sp³-hybridized carbons (Fsp3) is 0.533. The van der Waals surface area contributed by atoms with Crippen LogP contribution in [0.2, 0.25) is 0 Å².